The van der Waals surface area contributed by atoms with E-state index in [1.54, 1.807) is 51.2 Å². The highest BCUT2D eigenvalue weighted by molar-refractivity contribution is 7.84. The summed E-state index contributed by atoms with van der Waals surface area (Å²) >= 11 is 0. The molecule has 0 aliphatic carbocycles. The standard InChI is InChI=1S/C21H30N4O4S/c1-21(2,3)29-20(27)25(5)18(16-12-22-24(4)13-16)19(26)23-17(14-30(6)28)15-10-8-7-9-11-15/h7-13,17-18H,14H2,1-6H3,(H,23,26). The van der Waals surface area contributed by atoms with E-state index in [4.69, 9.17) is 4.74 Å². The fourth-order valence-electron chi connectivity index (χ4n) is 2.96. The maximum absolute atomic E-state index is 13.3. The second kappa shape index (κ2) is 9.88. The van der Waals surface area contributed by atoms with Crippen molar-refractivity contribution in [1.82, 2.24) is 20.0 Å². The zero-order valence-corrected chi connectivity index (χ0v) is 19.1. The summed E-state index contributed by atoms with van der Waals surface area (Å²) in [4.78, 5) is 27.3. The smallest absolute Gasteiger partial charge is 0.410 e. The summed E-state index contributed by atoms with van der Waals surface area (Å²) in [7, 11) is 2.11. The van der Waals surface area contributed by atoms with Gasteiger partial charge in [0.25, 0.3) is 0 Å². The topological polar surface area (TPSA) is 93.5 Å². The average Bonchev–Trinajstić information content (AvgIpc) is 3.06. The van der Waals surface area contributed by atoms with Crippen LogP contribution in [0.1, 0.15) is 44.0 Å². The minimum absolute atomic E-state index is 0.256. The van der Waals surface area contributed by atoms with Gasteiger partial charge in [-0.15, -0.1) is 0 Å². The minimum atomic E-state index is -1.14. The molecule has 1 aromatic heterocycles. The van der Waals surface area contributed by atoms with Crippen LogP contribution in [0.4, 0.5) is 4.79 Å². The third-order valence-corrected chi connectivity index (χ3v) is 5.08. The van der Waals surface area contributed by atoms with Crippen molar-refractivity contribution in [1.29, 1.82) is 0 Å². The number of hydrogen-bond donors (Lipinski definition) is 1. The molecule has 0 spiro atoms. The molecule has 0 aliphatic heterocycles. The Morgan fingerprint density at radius 1 is 1.23 bits per heavy atom. The van der Waals surface area contributed by atoms with Gasteiger partial charge in [-0.2, -0.15) is 5.10 Å². The molecule has 9 heteroatoms. The lowest BCUT2D eigenvalue weighted by molar-refractivity contribution is -0.126. The molecule has 0 radical (unpaired) electrons. The molecule has 2 amide bonds. The summed E-state index contributed by atoms with van der Waals surface area (Å²) in [5, 5.41) is 7.08. The molecule has 2 aromatic rings. The van der Waals surface area contributed by atoms with Crippen molar-refractivity contribution in [2.75, 3.05) is 19.1 Å². The number of amides is 2. The number of carbonyl (C=O) groups is 2. The molecule has 0 fully saturated rings. The van der Waals surface area contributed by atoms with Crippen LogP contribution in [0, 0.1) is 0 Å². The van der Waals surface area contributed by atoms with E-state index in [0.717, 1.165) is 5.56 Å². The van der Waals surface area contributed by atoms with Gasteiger partial charge in [0.15, 0.2) is 0 Å². The molecule has 8 nitrogen and oxygen atoms in total. The van der Waals surface area contributed by atoms with E-state index >= 15 is 0 Å². The van der Waals surface area contributed by atoms with Gasteiger partial charge in [0, 0.05) is 48.7 Å². The predicted octanol–water partition coefficient (Wildman–Crippen LogP) is 2.56. The van der Waals surface area contributed by atoms with Crippen LogP contribution in [0.5, 0.6) is 0 Å². The number of nitrogens with zero attached hydrogens (tertiary/aromatic N) is 3. The first-order valence-corrected chi connectivity index (χ1v) is 11.3. The van der Waals surface area contributed by atoms with Crippen LogP contribution < -0.4 is 5.32 Å². The SMILES string of the molecule is CN(C(=O)OC(C)(C)C)C(C(=O)NC(CS(C)=O)c1ccccc1)c1cnn(C)c1. The molecule has 164 valence electrons. The van der Waals surface area contributed by atoms with Crippen molar-refractivity contribution in [3.8, 4) is 0 Å². The number of hydrogen-bond acceptors (Lipinski definition) is 5. The number of nitrogens with one attached hydrogen (secondary N) is 1. The Bertz CT molecular complexity index is 892. The third-order valence-electron chi connectivity index (χ3n) is 4.28. The third kappa shape index (κ3) is 6.69. The van der Waals surface area contributed by atoms with Crippen LogP contribution in [0.3, 0.4) is 0 Å². The number of carbonyl (C=O) groups excluding carboxylic acids is 2. The summed E-state index contributed by atoms with van der Waals surface area (Å²) in [6, 6.07) is 7.92. The van der Waals surface area contributed by atoms with Gasteiger partial charge in [-0.1, -0.05) is 30.3 Å². The number of rotatable bonds is 7. The average molecular weight is 435 g/mol. The van der Waals surface area contributed by atoms with E-state index in [1.165, 1.54) is 11.9 Å². The molecule has 1 N–H and O–H groups in total. The second-order valence-electron chi connectivity index (χ2n) is 8.15. The Hall–Kier alpha value is -2.68. The number of benzene rings is 1. The molecule has 0 saturated carbocycles. The second-order valence-corrected chi connectivity index (χ2v) is 9.63. The number of likely N-dealkylation sites (N-methyl/N-ethyl adjacent to an activating group) is 1. The summed E-state index contributed by atoms with van der Waals surface area (Å²) < 4.78 is 18.9. The first-order chi connectivity index (χ1) is 14.0. The van der Waals surface area contributed by atoms with E-state index in [2.05, 4.69) is 10.4 Å². The monoisotopic (exact) mass is 434 g/mol. The van der Waals surface area contributed by atoms with Gasteiger partial charge in [-0.3, -0.25) is 18.6 Å². The van der Waals surface area contributed by atoms with Gasteiger partial charge in [0.05, 0.1) is 12.2 Å². The molecular weight excluding hydrogens is 404 g/mol. The molecule has 0 bridgehead atoms. The van der Waals surface area contributed by atoms with Crippen molar-refractivity contribution in [3.63, 3.8) is 0 Å². The molecule has 30 heavy (non-hydrogen) atoms. The normalized spacial score (nSPS) is 14.5. The zero-order chi connectivity index (χ0) is 22.5. The van der Waals surface area contributed by atoms with E-state index in [1.807, 2.05) is 30.3 Å². The number of aromatic nitrogens is 2. The number of ether oxygens (including phenoxy) is 1. The fraction of sp³-hybridized carbons (Fsp3) is 0.476. The predicted molar refractivity (Wildman–Crippen MR) is 116 cm³/mol. The van der Waals surface area contributed by atoms with Crippen LogP contribution in [0.2, 0.25) is 0 Å². The lowest BCUT2D eigenvalue weighted by Crippen LogP contribution is -2.45. The Labute approximate surface area is 180 Å². The lowest BCUT2D eigenvalue weighted by atomic mass is 10.1. The Morgan fingerprint density at radius 3 is 2.37 bits per heavy atom. The van der Waals surface area contributed by atoms with Crippen molar-refractivity contribution >= 4 is 22.8 Å². The Balaban J connectivity index is 2.33. The zero-order valence-electron chi connectivity index (χ0n) is 18.3. The Kier molecular flexibility index (Phi) is 7.77. The molecule has 3 atom stereocenters. The molecule has 0 aliphatic rings. The summed E-state index contributed by atoms with van der Waals surface area (Å²) in [5.74, 6) is -0.151. The first kappa shape index (κ1) is 23.6. The highest BCUT2D eigenvalue weighted by atomic mass is 32.2. The van der Waals surface area contributed by atoms with Crippen LogP contribution in [-0.4, -0.2) is 55.5 Å². The number of aryl methyl sites for hydroxylation is 1. The summed E-state index contributed by atoms with van der Waals surface area (Å²) in [6.45, 7) is 5.29. The Morgan fingerprint density at radius 2 is 1.87 bits per heavy atom. The van der Waals surface area contributed by atoms with E-state index in [9.17, 15) is 13.8 Å². The van der Waals surface area contributed by atoms with Crippen molar-refractivity contribution in [2.45, 2.75) is 38.5 Å². The minimum Gasteiger partial charge on any atom is -0.444 e. The highest BCUT2D eigenvalue weighted by Gasteiger charge is 2.34. The van der Waals surface area contributed by atoms with Crippen molar-refractivity contribution < 1.29 is 18.5 Å². The van der Waals surface area contributed by atoms with Gasteiger partial charge in [-0.25, -0.2) is 4.79 Å². The largest absolute Gasteiger partial charge is 0.444 e. The maximum Gasteiger partial charge on any atom is 0.410 e. The lowest BCUT2D eigenvalue weighted by Gasteiger charge is -2.30. The van der Waals surface area contributed by atoms with E-state index in [0.29, 0.717) is 5.56 Å². The molecule has 1 aromatic carbocycles. The first-order valence-electron chi connectivity index (χ1n) is 9.57. The maximum atomic E-state index is 13.3. The van der Waals surface area contributed by atoms with Crippen molar-refractivity contribution in [2.24, 2.45) is 7.05 Å². The summed E-state index contributed by atoms with van der Waals surface area (Å²) in [5.41, 5.74) is 0.686. The van der Waals surface area contributed by atoms with E-state index in [-0.39, 0.29) is 5.75 Å². The van der Waals surface area contributed by atoms with Crippen molar-refractivity contribution in [3.05, 3.63) is 53.9 Å². The van der Waals surface area contributed by atoms with Gasteiger partial charge in [-0.05, 0) is 26.3 Å². The molecule has 3 unspecified atom stereocenters. The van der Waals surface area contributed by atoms with Crippen LogP contribution in [0.25, 0.3) is 0 Å². The quantitative estimate of drug-likeness (QED) is 0.723. The molecular formula is C21H30N4O4S. The van der Waals surface area contributed by atoms with Gasteiger partial charge < -0.3 is 10.1 Å². The van der Waals surface area contributed by atoms with Crippen LogP contribution in [-0.2, 0) is 27.4 Å². The molecule has 1 heterocycles. The summed E-state index contributed by atoms with van der Waals surface area (Å²) in [6.07, 6.45) is 4.19. The fourth-order valence-corrected chi connectivity index (χ4v) is 3.71. The van der Waals surface area contributed by atoms with Crippen LogP contribution in [0.15, 0.2) is 42.7 Å². The van der Waals surface area contributed by atoms with Gasteiger partial charge in [0.1, 0.15) is 11.6 Å². The van der Waals surface area contributed by atoms with Gasteiger partial charge in [0.2, 0.25) is 5.91 Å². The van der Waals surface area contributed by atoms with Gasteiger partial charge >= 0.3 is 6.09 Å². The van der Waals surface area contributed by atoms with E-state index < -0.39 is 40.5 Å². The highest BCUT2D eigenvalue weighted by Crippen LogP contribution is 2.24. The molecule has 0 saturated heterocycles. The molecule has 2 rings (SSSR count). The van der Waals surface area contributed by atoms with Crippen LogP contribution >= 0.6 is 0 Å².